The van der Waals surface area contributed by atoms with Gasteiger partial charge in [0.05, 0.1) is 5.92 Å². The van der Waals surface area contributed by atoms with Gasteiger partial charge in [-0.15, -0.1) is 0 Å². The number of fused-ring (bicyclic) bond motifs is 1. The molecule has 3 nitrogen and oxygen atoms in total. The van der Waals surface area contributed by atoms with E-state index in [1.165, 1.54) is 19.1 Å². The third-order valence-corrected chi connectivity index (χ3v) is 3.11. The summed E-state index contributed by atoms with van der Waals surface area (Å²) < 4.78 is 13.0. The Hall–Kier alpha value is -1.71. The second kappa shape index (κ2) is 3.70. The fourth-order valence-corrected chi connectivity index (χ4v) is 2.06. The minimum Gasteiger partial charge on any atom is -0.481 e. The predicted octanol–water partition coefficient (Wildman–Crippen LogP) is 1.90. The Bertz CT molecular complexity index is 467. The predicted molar refractivity (Wildman–Crippen MR) is 54.7 cm³/mol. The van der Waals surface area contributed by atoms with Crippen LogP contribution in [0.25, 0.3) is 0 Å². The number of hydrogen-bond acceptors (Lipinski definition) is 2. The highest BCUT2D eigenvalue weighted by Gasteiger charge is 2.37. The summed E-state index contributed by atoms with van der Waals surface area (Å²) >= 11 is 0. The van der Waals surface area contributed by atoms with E-state index in [4.69, 9.17) is 5.11 Å². The summed E-state index contributed by atoms with van der Waals surface area (Å²) in [5.74, 6) is -3.01. The average Bonchev–Trinajstić information content (AvgIpc) is 2.55. The molecule has 1 aromatic carbocycles. The largest absolute Gasteiger partial charge is 0.481 e. The van der Waals surface area contributed by atoms with E-state index in [9.17, 15) is 14.0 Å². The molecule has 0 saturated heterocycles. The Balaban J connectivity index is 2.34. The Morgan fingerprint density at radius 3 is 2.88 bits per heavy atom. The maximum absolute atomic E-state index is 13.0. The van der Waals surface area contributed by atoms with Crippen molar-refractivity contribution in [1.82, 2.24) is 0 Å². The highest BCUT2D eigenvalue weighted by atomic mass is 19.1. The van der Waals surface area contributed by atoms with Crippen molar-refractivity contribution in [3.8, 4) is 0 Å². The topological polar surface area (TPSA) is 54.4 Å². The molecule has 0 heterocycles. The maximum Gasteiger partial charge on any atom is 0.306 e. The number of ketones is 1. The van der Waals surface area contributed by atoms with Crippen molar-refractivity contribution in [2.45, 2.75) is 13.3 Å². The van der Waals surface area contributed by atoms with E-state index >= 15 is 0 Å². The minimum absolute atomic E-state index is 0.260. The van der Waals surface area contributed by atoms with E-state index in [0.29, 0.717) is 12.0 Å². The fourth-order valence-electron chi connectivity index (χ4n) is 2.06. The van der Waals surface area contributed by atoms with Crippen molar-refractivity contribution in [1.29, 1.82) is 0 Å². The molecule has 2 unspecified atom stereocenters. The zero-order valence-corrected chi connectivity index (χ0v) is 8.74. The average molecular weight is 222 g/mol. The summed E-state index contributed by atoms with van der Waals surface area (Å²) in [5, 5.41) is 8.87. The van der Waals surface area contributed by atoms with Gasteiger partial charge in [-0.1, -0.05) is 13.0 Å². The molecule has 1 aromatic rings. The van der Waals surface area contributed by atoms with Crippen LogP contribution in [0, 0.1) is 17.7 Å². The molecule has 1 aliphatic carbocycles. The molecule has 0 spiro atoms. The first-order valence-electron chi connectivity index (χ1n) is 5.06. The van der Waals surface area contributed by atoms with E-state index in [2.05, 4.69) is 0 Å². The molecule has 84 valence electrons. The number of carboxylic acids is 1. The zero-order chi connectivity index (χ0) is 11.9. The second-order valence-corrected chi connectivity index (χ2v) is 4.10. The first-order valence-corrected chi connectivity index (χ1v) is 5.06. The van der Waals surface area contributed by atoms with E-state index in [1.807, 2.05) is 0 Å². The number of carboxylic acid groups (broad SMARTS) is 1. The summed E-state index contributed by atoms with van der Waals surface area (Å²) in [4.78, 5) is 22.7. The number of Topliss-reactive ketones (excluding diaryl/α,β-unsaturated/α-hetero) is 1. The monoisotopic (exact) mass is 222 g/mol. The van der Waals surface area contributed by atoms with Crippen molar-refractivity contribution in [2.24, 2.45) is 11.8 Å². The van der Waals surface area contributed by atoms with Gasteiger partial charge in [-0.25, -0.2) is 4.39 Å². The molecule has 0 amide bonds. The Kier molecular flexibility index (Phi) is 2.50. The van der Waals surface area contributed by atoms with Crippen LogP contribution < -0.4 is 0 Å². The number of benzene rings is 1. The van der Waals surface area contributed by atoms with Gasteiger partial charge in [0.15, 0.2) is 5.78 Å². The molecule has 2 atom stereocenters. The molecule has 0 bridgehead atoms. The van der Waals surface area contributed by atoms with Crippen LogP contribution in [0.15, 0.2) is 18.2 Å². The van der Waals surface area contributed by atoms with Crippen LogP contribution in [0.5, 0.6) is 0 Å². The molecule has 0 radical (unpaired) electrons. The quantitative estimate of drug-likeness (QED) is 0.831. The van der Waals surface area contributed by atoms with Crippen LogP contribution in [0.1, 0.15) is 22.8 Å². The Morgan fingerprint density at radius 1 is 1.56 bits per heavy atom. The molecule has 2 rings (SSSR count). The number of carbonyl (C=O) groups excluding carboxylic acids is 1. The van der Waals surface area contributed by atoms with Crippen LogP contribution in [-0.4, -0.2) is 16.9 Å². The van der Waals surface area contributed by atoms with Crippen LogP contribution in [-0.2, 0) is 11.2 Å². The fraction of sp³-hybridized carbons (Fsp3) is 0.333. The third-order valence-electron chi connectivity index (χ3n) is 3.11. The van der Waals surface area contributed by atoms with Crippen molar-refractivity contribution >= 4 is 11.8 Å². The molecule has 1 aliphatic rings. The smallest absolute Gasteiger partial charge is 0.306 e. The van der Waals surface area contributed by atoms with Crippen LogP contribution in [0.4, 0.5) is 4.39 Å². The highest BCUT2D eigenvalue weighted by molar-refractivity contribution is 6.03. The number of hydrogen-bond donors (Lipinski definition) is 1. The lowest BCUT2D eigenvalue weighted by molar-refractivity contribution is -0.142. The number of rotatable bonds is 2. The summed E-state index contributed by atoms with van der Waals surface area (Å²) in [5.41, 5.74) is 1.07. The molecular weight excluding hydrogens is 211 g/mol. The van der Waals surface area contributed by atoms with Gasteiger partial charge in [0, 0.05) is 11.5 Å². The second-order valence-electron chi connectivity index (χ2n) is 4.10. The van der Waals surface area contributed by atoms with Gasteiger partial charge >= 0.3 is 5.97 Å². The number of halogens is 1. The first kappa shape index (κ1) is 10.8. The van der Waals surface area contributed by atoms with E-state index in [0.717, 1.165) is 5.56 Å². The SMILES string of the molecule is CC(C(=O)O)C1Cc2ccc(F)cc2C1=O. The molecule has 0 fully saturated rings. The Morgan fingerprint density at radius 2 is 2.25 bits per heavy atom. The van der Waals surface area contributed by atoms with E-state index < -0.39 is 23.6 Å². The van der Waals surface area contributed by atoms with E-state index in [1.54, 1.807) is 6.07 Å². The van der Waals surface area contributed by atoms with Gasteiger partial charge in [0.2, 0.25) is 0 Å². The normalized spacial score (nSPS) is 20.6. The first-order chi connectivity index (χ1) is 7.50. The van der Waals surface area contributed by atoms with Crippen molar-refractivity contribution in [3.05, 3.63) is 35.1 Å². The molecular formula is C12H11FO3. The summed E-state index contributed by atoms with van der Waals surface area (Å²) in [7, 11) is 0. The van der Waals surface area contributed by atoms with Crippen LogP contribution in [0.3, 0.4) is 0 Å². The van der Waals surface area contributed by atoms with Gasteiger partial charge < -0.3 is 5.11 Å². The summed E-state index contributed by atoms with van der Waals surface area (Å²) in [6.07, 6.45) is 0.391. The molecule has 0 saturated carbocycles. The van der Waals surface area contributed by atoms with Crippen LogP contribution >= 0.6 is 0 Å². The van der Waals surface area contributed by atoms with Gasteiger partial charge in [0.25, 0.3) is 0 Å². The van der Waals surface area contributed by atoms with Crippen molar-refractivity contribution in [2.75, 3.05) is 0 Å². The third kappa shape index (κ3) is 1.60. The highest BCUT2D eigenvalue weighted by Crippen LogP contribution is 2.32. The van der Waals surface area contributed by atoms with E-state index in [-0.39, 0.29) is 5.78 Å². The molecule has 0 aliphatic heterocycles. The summed E-state index contributed by atoms with van der Waals surface area (Å²) in [6, 6.07) is 4.03. The number of aliphatic carboxylic acids is 1. The zero-order valence-electron chi connectivity index (χ0n) is 8.74. The van der Waals surface area contributed by atoms with Gasteiger partial charge in [-0.05, 0) is 24.1 Å². The Labute approximate surface area is 91.9 Å². The standard InChI is InChI=1S/C12H11FO3/c1-6(12(15)16)9-4-7-2-3-8(13)5-10(7)11(9)14/h2-3,5-6,9H,4H2,1H3,(H,15,16). The lowest BCUT2D eigenvalue weighted by Gasteiger charge is -2.12. The van der Waals surface area contributed by atoms with Crippen molar-refractivity contribution < 1.29 is 19.1 Å². The lowest BCUT2D eigenvalue weighted by atomic mass is 9.90. The van der Waals surface area contributed by atoms with Crippen LogP contribution in [0.2, 0.25) is 0 Å². The molecule has 4 heteroatoms. The van der Waals surface area contributed by atoms with Gasteiger partial charge in [0.1, 0.15) is 5.82 Å². The molecule has 0 aromatic heterocycles. The summed E-state index contributed by atoms with van der Waals surface area (Å²) in [6.45, 7) is 1.51. The van der Waals surface area contributed by atoms with Gasteiger partial charge in [-0.3, -0.25) is 9.59 Å². The lowest BCUT2D eigenvalue weighted by Crippen LogP contribution is -2.25. The minimum atomic E-state index is -0.994. The van der Waals surface area contributed by atoms with Gasteiger partial charge in [-0.2, -0.15) is 0 Å². The maximum atomic E-state index is 13.0. The molecule has 16 heavy (non-hydrogen) atoms. The molecule has 1 N–H and O–H groups in total. The van der Waals surface area contributed by atoms with Crippen molar-refractivity contribution in [3.63, 3.8) is 0 Å². The number of carbonyl (C=O) groups is 2.